The molecule has 0 saturated heterocycles. The second kappa shape index (κ2) is 9.49. The number of ether oxygens (including phenoxy) is 1. The number of hydrogen-bond donors (Lipinski definition) is 2. The van der Waals surface area contributed by atoms with E-state index in [-0.39, 0.29) is 5.84 Å². The van der Waals surface area contributed by atoms with Crippen molar-refractivity contribution in [1.82, 2.24) is 9.38 Å². The third-order valence-electron chi connectivity index (χ3n) is 4.69. The molecule has 32 heavy (non-hydrogen) atoms. The van der Waals surface area contributed by atoms with E-state index in [1.54, 1.807) is 6.92 Å². The molecule has 0 unspecified atom stereocenters. The zero-order valence-corrected chi connectivity index (χ0v) is 18.3. The van der Waals surface area contributed by atoms with E-state index in [0.717, 1.165) is 22.5 Å². The van der Waals surface area contributed by atoms with Gasteiger partial charge in [0, 0.05) is 23.0 Å². The summed E-state index contributed by atoms with van der Waals surface area (Å²) in [5.74, 6) is 1.12. The number of benzene rings is 2. The lowest BCUT2D eigenvalue weighted by Gasteiger charge is -2.09. The fourth-order valence-electron chi connectivity index (χ4n) is 3.20. The fraction of sp³-hybridized carbons (Fsp3) is 0.0800. The van der Waals surface area contributed by atoms with Gasteiger partial charge >= 0.3 is 0 Å². The molecule has 0 atom stereocenters. The maximum atomic E-state index is 8.40. The van der Waals surface area contributed by atoms with Crippen molar-refractivity contribution < 1.29 is 4.74 Å². The van der Waals surface area contributed by atoms with Crippen molar-refractivity contribution in [3.05, 3.63) is 101 Å². The summed E-state index contributed by atoms with van der Waals surface area (Å²) in [7, 11) is 0. The molecule has 0 fully saturated rings. The number of fused-ring (bicyclic) bond motifs is 1. The van der Waals surface area contributed by atoms with Gasteiger partial charge in [0.1, 0.15) is 18.0 Å². The fourth-order valence-corrected chi connectivity index (χ4v) is 3.32. The minimum absolute atomic E-state index is 0.0818. The SMILES string of the molecule is CC(N)=NC(=N)/C(=C/c1ccc(Cl)cc1)c1ccc(OCc2cn3ccccc3n2)cc1. The van der Waals surface area contributed by atoms with Crippen molar-refractivity contribution in [2.75, 3.05) is 0 Å². The Balaban J connectivity index is 1.54. The van der Waals surface area contributed by atoms with Crippen LogP contribution >= 0.6 is 11.6 Å². The molecule has 2 heterocycles. The van der Waals surface area contributed by atoms with Crippen LogP contribution in [0.4, 0.5) is 0 Å². The van der Waals surface area contributed by atoms with Crippen molar-refractivity contribution in [2.45, 2.75) is 13.5 Å². The van der Waals surface area contributed by atoms with E-state index in [1.807, 2.05) is 89.6 Å². The van der Waals surface area contributed by atoms with Gasteiger partial charge < -0.3 is 14.9 Å². The molecule has 2 aromatic carbocycles. The maximum Gasteiger partial charge on any atom is 0.154 e. The number of nitrogens with two attached hydrogens (primary N) is 1. The number of amidine groups is 2. The van der Waals surface area contributed by atoms with Crippen LogP contribution in [-0.2, 0) is 6.61 Å². The maximum absolute atomic E-state index is 8.40. The summed E-state index contributed by atoms with van der Waals surface area (Å²) in [5, 5.41) is 9.06. The average molecular weight is 444 g/mol. The summed E-state index contributed by atoms with van der Waals surface area (Å²) in [6, 6.07) is 20.8. The molecular formula is C25H22ClN5O. The van der Waals surface area contributed by atoms with Gasteiger partial charge in [-0.05, 0) is 60.5 Å². The second-order valence-corrected chi connectivity index (χ2v) is 7.66. The van der Waals surface area contributed by atoms with Crippen LogP contribution in [0.15, 0.2) is 84.1 Å². The first-order valence-electron chi connectivity index (χ1n) is 10.0. The number of rotatable bonds is 6. The lowest BCUT2D eigenvalue weighted by Crippen LogP contribution is -2.09. The van der Waals surface area contributed by atoms with E-state index in [4.69, 9.17) is 27.5 Å². The number of aliphatic imine (C=N–C) groups is 1. The monoisotopic (exact) mass is 443 g/mol. The predicted molar refractivity (Wildman–Crippen MR) is 130 cm³/mol. The summed E-state index contributed by atoms with van der Waals surface area (Å²) in [5.41, 5.74) is 9.81. The molecule has 3 N–H and O–H groups in total. The highest BCUT2D eigenvalue weighted by Gasteiger charge is 2.10. The third kappa shape index (κ3) is 5.22. The van der Waals surface area contributed by atoms with Crippen LogP contribution in [0.1, 0.15) is 23.7 Å². The topological polar surface area (TPSA) is 88.8 Å². The molecule has 2 aromatic heterocycles. The highest BCUT2D eigenvalue weighted by Crippen LogP contribution is 2.24. The molecule has 0 radical (unpaired) electrons. The van der Waals surface area contributed by atoms with Gasteiger partial charge in [-0.15, -0.1) is 0 Å². The number of pyridine rings is 1. The second-order valence-electron chi connectivity index (χ2n) is 7.22. The number of nitrogens with one attached hydrogen (secondary N) is 1. The van der Waals surface area contributed by atoms with Gasteiger partial charge in [-0.1, -0.05) is 41.9 Å². The van der Waals surface area contributed by atoms with Gasteiger partial charge in [0.25, 0.3) is 0 Å². The highest BCUT2D eigenvalue weighted by molar-refractivity contribution is 6.30. The number of nitrogens with zero attached hydrogens (tertiary/aromatic N) is 3. The minimum Gasteiger partial charge on any atom is -0.487 e. The molecule has 6 nitrogen and oxygen atoms in total. The van der Waals surface area contributed by atoms with Crippen LogP contribution < -0.4 is 10.5 Å². The molecule has 7 heteroatoms. The van der Waals surface area contributed by atoms with E-state index in [1.165, 1.54) is 0 Å². The Morgan fingerprint density at radius 2 is 1.88 bits per heavy atom. The summed E-state index contributed by atoms with van der Waals surface area (Å²) in [6.45, 7) is 2.02. The van der Waals surface area contributed by atoms with Gasteiger partial charge in [0.15, 0.2) is 5.84 Å². The largest absolute Gasteiger partial charge is 0.487 e. The van der Waals surface area contributed by atoms with Crippen molar-refractivity contribution >= 4 is 40.6 Å². The minimum atomic E-state index is 0.0818. The normalized spacial score (nSPS) is 12.2. The Bertz CT molecular complexity index is 1270. The van der Waals surface area contributed by atoms with Gasteiger partial charge in [0.2, 0.25) is 0 Å². The lowest BCUT2D eigenvalue weighted by molar-refractivity contribution is 0.302. The van der Waals surface area contributed by atoms with Crippen molar-refractivity contribution in [1.29, 1.82) is 5.41 Å². The van der Waals surface area contributed by atoms with Crippen LogP contribution in [-0.4, -0.2) is 21.1 Å². The van der Waals surface area contributed by atoms with Gasteiger partial charge in [-0.2, -0.15) is 0 Å². The molecular weight excluding hydrogens is 422 g/mol. The molecule has 0 aliphatic rings. The zero-order valence-electron chi connectivity index (χ0n) is 17.5. The van der Waals surface area contributed by atoms with Crippen LogP contribution in [0.3, 0.4) is 0 Å². The first-order valence-corrected chi connectivity index (χ1v) is 10.4. The van der Waals surface area contributed by atoms with Gasteiger partial charge in [-0.25, -0.2) is 9.98 Å². The predicted octanol–water partition coefficient (Wildman–Crippen LogP) is 5.46. The van der Waals surface area contributed by atoms with Crippen LogP contribution in [0.25, 0.3) is 17.3 Å². The Morgan fingerprint density at radius 3 is 2.56 bits per heavy atom. The Morgan fingerprint density at radius 1 is 1.12 bits per heavy atom. The molecule has 0 aliphatic carbocycles. The average Bonchev–Trinajstić information content (AvgIpc) is 3.20. The molecule has 0 bridgehead atoms. The first-order chi connectivity index (χ1) is 15.5. The number of halogens is 1. The van der Waals surface area contributed by atoms with E-state index >= 15 is 0 Å². The van der Waals surface area contributed by atoms with E-state index < -0.39 is 0 Å². The van der Waals surface area contributed by atoms with Crippen molar-refractivity contribution in [3.8, 4) is 5.75 Å². The summed E-state index contributed by atoms with van der Waals surface area (Å²) in [6.07, 6.45) is 5.79. The molecule has 0 aliphatic heterocycles. The van der Waals surface area contributed by atoms with Gasteiger partial charge in [0.05, 0.1) is 11.5 Å². The standard InChI is InChI=1S/C25H22ClN5O/c1-17(27)29-25(28)23(14-18-5-9-20(26)10-6-18)19-7-11-22(12-8-19)32-16-21-15-31-13-3-2-4-24(31)30-21/h2-15H,16H2,1H3,(H3,27,28,29)/b23-14+. The molecule has 4 aromatic rings. The van der Waals surface area contributed by atoms with E-state index in [0.29, 0.717) is 28.8 Å². The lowest BCUT2D eigenvalue weighted by atomic mass is 10.0. The van der Waals surface area contributed by atoms with E-state index in [2.05, 4.69) is 9.98 Å². The molecule has 0 spiro atoms. The number of hydrogen-bond acceptors (Lipinski definition) is 3. The quantitative estimate of drug-likeness (QED) is 0.235. The zero-order chi connectivity index (χ0) is 22.5. The van der Waals surface area contributed by atoms with E-state index in [9.17, 15) is 0 Å². The van der Waals surface area contributed by atoms with Crippen LogP contribution in [0, 0.1) is 5.41 Å². The summed E-state index contributed by atoms with van der Waals surface area (Å²) < 4.78 is 7.86. The van der Waals surface area contributed by atoms with Crippen LogP contribution in [0.2, 0.25) is 5.02 Å². The Kier molecular flexibility index (Phi) is 6.33. The molecule has 4 rings (SSSR count). The molecule has 0 amide bonds. The summed E-state index contributed by atoms with van der Waals surface area (Å²) in [4.78, 5) is 8.67. The Labute approximate surface area is 191 Å². The molecule has 160 valence electrons. The summed E-state index contributed by atoms with van der Waals surface area (Å²) >= 11 is 5.99. The van der Waals surface area contributed by atoms with Crippen molar-refractivity contribution in [3.63, 3.8) is 0 Å². The van der Waals surface area contributed by atoms with Crippen molar-refractivity contribution in [2.24, 2.45) is 10.7 Å². The number of imidazole rings is 1. The first kappa shape index (κ1) is 21.3. The Hall–Kier alpha value is -3.90. The smallest absolute Gasteiger partial charge is 0.154 e. The number of aromatic nitrogens is 2. The molecule has 0 saturated carbocycles. The highest BCUT2D eigenvalue weighted by atomic mass is 35.5. The van der Waals surface area contributed by atoms with Crippen LogP contribution in [0.5, 0.6) is 5.75 Å². The van der Waals surface area contributed by atoms with Gasteiger partial charge in [-0.3, -0.25) is 5.41 Å². The third-order valence-corrected chi connectivity index (χ3v) is 4.94.